The predicted octanol–water partition coefficient (Wildman–Crippen LogP) is 5.23. The predicted molar refractivity (Wildman–Crippen MR) is 136 cm³/mol. The van der Waals surface area contributed by atoms with Gasteiger partial charge in [-0.25, -0.2) is 0 Å². The molecular weight excluding hydrogens is 456 g/mol. The lowest BCUT2D eigenvalue weighted by atomic mass is 9.94. The Morgan fingerprint density at radius 1 is 1.06 bits per heavy atom. The highest BCUT2D eigenvalue weighted by Gasteiger charge is 2.47. The molecule has 36 heavy (non-hydrogen) atoms. The Kier molecular flexibility index (Phi) is 7.07. The number of nitrogens with zero attached hydrogens (tertiary/aromatic N) is 2. The maximum absolute atomic E-state index is 13.4. The van der Waals surface area contributed by atoms with Crippen LogP contribution < -0.4 is 14.4 Å². The third-order valence-corrected chi connectivity index (χ3v) is 5.84. The molecule has 3 aromatic carbocycles. The van der Waals surface area contributed by atoms with E-state index in [1.165, 1.54) is 12.0 Å². The summed E-state index contributed by atoms with van der Waals surface area (Å²) in [5.41, 5.74) is 1.67. The van der Waals surface area contributed by atoms with Gasteiger partial charge < -0.3 is 14.6 Å². The highest BCUT2D eigenvalue weighted by molar-refractivity contribution is 6.51. The van der Waals surface area contributed by atoms with E-state index in [9.17, 15) is 14.7 Å². The van der Waals surface area contributed by atoms with E-state index in [0.29, 0.717) is 46.4 Å². The van der Waals surface area contributed by atoms with Gasteiger partial charge in [0.2, 0.25) is 0 Å². The van der Waals surface area contributed by atoms with Crippen LogP contribution in [0.5, 0.6) is 11.5 Å². The molecule has 1 N–H and O–H groups in total. The number of carbonyl (C=O) groups is 2. The molecule has 7 heteroatoms. The maximum atomic E-state index is 13.4. The molecule has 4 rings (SSSR count). The Morgan fingerprint density at radius 3 is 2.44 bits per heavy atom. The fraction of sp³-hybridized carbons (Fsp3) is 0.207. The van der Waals surface area contributed by atoms with Crippen LogP contribution in [0.3, 0.4) is 0 Å². The summed E-state index contributed by atoms with van der Waals surface area (Å²) < 4.78 is 11.3. The molecule has 1 atom stereocenters. The van der Waals surface area contributed by atoms with E-state index in [1.54, 1.807) is 72.8 Å². The SMILES string of the molecule is COc1ccccc1C1/C(=C(/O)c2cccc(OCC(C)C)c2)C(=O)C(=O)N1c1ccc(C#N)cc1. The Hall–Kier alpha value is -4.57. The molecule has 0 radical (unpaired) electrons. The molecule has 1 aliphatic heterocycles. The van der Waals surface area contributed by atoms with E-state index in [0.717, 1.165) is 0 Å². The lowest BCUT2D eigenvalue weighted by molar-refractivity contribution is -0.132. The number of rotatable bonds is 7. The standard InChI is InChI=1S/C29H26N2O5/c1-18(2)17-36-22-8-6-7-20(15-22)27(32)25-26(23-9-4-5-10-24(23)35-3)31(29(34)28(25)33)21-13-11-19(16-30)12-14-21/h4-15,18,26,32H,17H2,1-3H3/b27-25-. The van der Waals surface area contributed by atoms with Crippen molar-refractivity contribution in [3.8, 4) is 17.6 Å². The average Bonchev–Trinajstić information content (AvgIpc) is 3.17. The Bertz CT molecular complexity index is 1370. The molecule has 1 fully saturated rings. The van der Waals surface area contributed by atoms with Crippen LogP contribution in [-0.2, 0) is 9.59 Å². The summed E-state index contributed by atoms with van der Waals surface area (Å²) in [5, 5.41) is 20.6. The van der Waals surface area contributed by atoms with Crippen molar-refractivity contribution in [1.82, 2.24) is 0 Å². The van der Waals surface area contributed by atoms with E-state index >= 15 is 0 Å². The zero-order chi connectivity index (χ0) is 25.8. The first kappa shape index (κ1) is 24.6. The topological polar surface area (TPSA) is 99.9 Å². The zero-order valence-electron chi connectivity index (χ0n) is 20.3. The third kappa shape index (κ3) is 4.66. The smallest absolute Gasteiger partial charge is 0.300 e. The van der Waals surface area contributed by atoms with Gasteiger partial charge in [-0.15, -0.1) is 0 Å². The first-order valence-corrected chi connectivity index (χ1v) is 11.5. The van der Waals surface area contributed by atoms with Crippen LogP contribution in [0.25, 0.3) is 5.76 Å². The molecule has 0 spiro atoms. The summed E-state index contributed by atoms with van der Waals surface area (Å²) in [6.45, 7) is 4.55. The molecule has 0 bridgehead atoms. The minimum absolute atomic E-state index is 0.0603. The number of ether oxygens (including phenoxy) is 2. The van der Waals surface area contributed by atoms with Crippen LogP contribution in [0, 0.1) is 17.2 Å². The number of ketones is 1. The van der Waals surface area contributed by atoms with Gasteiger partial charge in [0.25, 0.3) is 11.7 Å². The van der Waals surface area contributed by atoms with Gasteiger partial charge in [-0.3, -0.25) is 14.5 Å². The number of benzene rings is 3. The monoisotopic (exact) mass is 482 g/mol. The van der Waals surface area contributed by atoms with Gasteiger partial charge in [0.1, 0.15) is 17.3 Å². The number of hydrogen-bond acceptors (Lipinski definition) is 6. The molecule has 0 aliphatic carbocycles. The van der Waals surface area contributed by atoms with Gasteiger partial charge >= 0.3 is 0 Å². The van der Waals surface area contributed by atoms with E-state index < -0.39 is 17.7 Å². The van der Waals surface area contributed by atoms with E-state index in [-0.39, 0.29) is 11.3 Å². The Balaban J connectivity index is 1.90. The number of Topliss-reactive ketones (excluding diaryl/α,β-unsaturated/α-hetero) is 1. The molecule has 182 valence electrons. The average molecular weight is 483 g/mol. The minimum Gasteiger partial charge on any atom is -0.507 e. The molecular formula is C29H26N2O5. The second kappa shape index (κ2) is 10.4. The summed E-state index contributed by atoms with van der Waals surface area (Å²) in [7, 11) is 1.50. The third-order valence-electron chi connectivity index (χ3n) is 5.84. The van der Waals surface area contributed by atoms with Crippen LogP contribution in [0.2, 0.25) is 0 Å². The fourth-order valence-corrected chi connectivity index (χ4v) is 4.13. The zero-order valence-corrected chi connectivity index (χ0v) is 20.3. The summed E-state index contributed by atoms with van der Waals surface area (Å²) in [5.74, 6) is -0.600. The summed E-state index contributed by atoms with van der Waals surface area (Å²) in [4.78, 5) is 28.0. The van der Waals surface area contributed by atoms with Crippen molar-refractivity contribution in [3.63, 3.8) is 0 Å². The summed E-state index contributed by atoms with van der Waals surface area (Å²) >= 11 is 0. The van der Waals surface area contributed by atoms with E-state index in [4.69, 9.17) is 14.7 Å². The van der Waals surface area contributed by atoms with Crippen molar-refractivity contribution < 1.29 is 24.2 Å². The second-order valence-corrected chi connectivity index (χ2v) is 8.80. The molecule has 7 nitrogen and oxygen atoms in total. The molecule has 1 unspecified atom stereocenters. The van der Waals surface area contributed by atoms with Gasteiger partial charge in [0, 0.05) is 16.8 Å². The van der Waals surface area contributed by atoms with Crippen molar-refractivity contribution in [3.05, 3.63) is 95.1 Å². The number of nitriles is 1. The second-order valence-electron chi connectivity index (χ2n) is 8.80. The van der Waals surface area contributed by atoms with Gasteiger partial charge in [-0.1, -0.05) is 44.2 Å². The van der Waals surface area contributed by atoms with Gasteiger partial charge in [-0.2, -0.15) is 5.26 Å². The van der Waals surface area contributed by atoms with E-state index in [2.05, 4.69) is 0 Å². The van der Waals surface area contributed by atoms with Crippen molar-refractivity contribution in [1.29, 1.82) is 5.26 Å². The normalized spacial score (nSPS) is 16.8. The van der Waals surface area contributed by atoms with Gasteiger partial charge in [-0.05, 0) is 48.4 Å². The minimum atomic E-state index is -0.950. The maximum Gasteiger partial charge on any atom is 0.300 e. The number of para-hydroxylation sites is 1. The lowest BCUT2D eigenvalue weighted by Crippen LogP contribution is -2.29. The number of anilines is 1. The quantitative estimate of drug-likeness (QED) is 0.281. The molecule has 1 heterocycles. The van der Waals surface area contributed by atoms with Crippen LogP contribution in [-0.4, -0.2) is 30.5 Å². The van der Waals surface area contributed by atoms with Crippen molar-refractivity contribution in [2.75, 3.05) is 18.6 Å². The van der Waals surface area contributed by atoms with E-state index in [1.807, 2.05) is 19.9 Å². The number of methoxy groups -OCH3 is 1. The Morgan fingerprint density at radius 2 is 1.78 bits per heavy atom. The highest BCUT2D eigenvalue weighted by Crippen LogP contribution is 2.45. The number of carbonyl (C=O) groups excluding carboxylic acids is 2. The molecule has 1 aliphatic rings. The number of hydrogen-bond donors (Lipinski definition) is 1. The van der Waals surface area contributed by atoms with Gasteiger partial charge in [0.05, 0.1) is 37.0 Å². The molecule has 3 aromatic rings. The largest absolute Gasteiger partial charge is 0.507 e. The van der Waals surface area contributed by atoms with Crippen molar-refractivity contribution in [2.24, 2.45) is 5.92 Å². The molecule has 0 aromatic heterocycles. The van der Waals surface area contributed by atoms with Crippen molar-refractivity contribution >= 4 is 23.1 Å². The fourth-order valence-electron chi connectivity index (χ4n) is 4.13. The lowest BCUT2D eigenvalue weighted by Gasteiger charge is -2.26. The van der Waals surface area contributed by atoms with Crippen molar-refractivity contribution in [2.45, 2.75) is 19.9 Å². The Labute approximate surface area is 209 Å². The number of aliphatic hydroxyl groups is 1. The van der Waals surface area contributed by atoms with Crippen LogP contribution in [0.4, 0.5) is 5.69 Å². The number of amides is 1. The van der Waals surface area contributed by atoms with Crippen LogP contribution in [0.1, 0.15) is 36.6 Å². The summed E-state index contributed by atoms with van der Waals surface area (Å²) in [6, 6.07) is 21.3. The highest BCUT2D eigenvalue weighted by atomic mass is 16.5. The summed E-state index contributed by atoms with van der Waals surface area (Å²) in [6.07, 6.45) is 0. The first-order chi connectivity index (χ1) is 17.3. The van der Waals surface area contributed by atoms with Crippen LogP contribution >= 0.6 is 0 Å². The van der Waals surface area contributed by atoms with Gasteiger partial charge in [0.15, 0.2) is 0 Å². The molecule has 1 amide bonds. The molecule has 1 saturated heterocycles. The molecule has 0 saturated carbocycles. The van der Waals surface area contributed by atoms with Crippen LogP contribution in [0.15, 0.2) is 78.4 Å². The first-order valence-electron chi connectivity index (χ1n) is 11.5. The number of aliphatic hydroxyl groups excluding tert-OH is 1.